The molecule has 0 spiro atoms. The van der Waals surface area contributed by atoms with Crippen LogP contribution in [0.5, 0.6) is 0 Å². The Morgan fingerprint density at radius 3 is 2.27 bits per heavy atom. The number of benzene rings is 1. The number of hydrogen-bond acceptors (Lipinski definition) is 7. The van der Waals surface area contributed by atoms with Crippen LogP contribution in [0, 0.1) is 12.8 Å². The van der Waals surface area contributed by atoms with Crippen LogP contribution in [0.25, 0.3) is 0 Å². The van der Waals surface area contributed by atoms with Crippen molar-refractivity contribution in [3.63, 3.8) is 0 Å². The number of aryl methyl sites for hydroxylation is 2. The number of carbonyl (C=O) groups excluding carboxylic acids is 5. The average molecular weight is 513 g/mol. The summed E-state index contributed by atoms with van der Waals surface area (Å²) in [6, 6.07) is 6.19. The Balaban J connectivity index is 1.77. The molecule has 10 nitrogen and oxygen atoms in total. The molecule has 1 heterocycles. The van der Waals surface area contributed by atoms with Crippen molar-refractivity contribution in [3.8, 4) is 0 Å². The van der Waals surface area contributed by atoms with E-state index in [4.69, 9.17) is 0 Å². The van der Waals surface area contributed by atoms with E-state index < -0.39 is 12.0 Å². The summed E-state index contributed by atoms with van der Waals surface area (Å²) in [7, 11) is 3.07. The number of esters is 1. The van der Waals surface area contributed by atoms with E-state index in [1.54, 1.807) is 55.9 Å². The smallest absolute Gasteiger partial charge is 0.305 e. The summed E-state index contributed by atoms with van der Waals surface area (Å²) in [6.45, 7) is 5.08. The van der Waals surface area contributed by atoms with Crippen molar-refractivity contribution in [2.45, 2.75) is 65.3 Å². The van der Waals surface area contributed by atoms with E-state index in [1.807, 2.05) is 6.92 Å². The maximum absolute atomic E-state index is 12.6. The number of methoxy groups -OCH3 is 1. The molecule has 0 aliphatic rings. The Morgan fingerprint density at radius 1 is 1.03 bits per heavy atom. The van der Waals surface area contributed by atoms with Gasteiger partial charge in [-0.25, -0.2) is 4.98 Å². The van der Waals surface area contributed by atoms with Crippen LogP contribution in [0.4, 0.5) is 5.69 Å². The highest BCUT2D eigenvalue weighted by Gasteiger charge is 2.22. The number of aromatic nitrogens is 2. The van der Waals surface area contributed by atoms with Gasteiger partial charge in [0.15, 0.2) is 11.6 Å². The molecule has 0 bridgehead atoms. The van der Waals surface area contributed by atoms with Crippen LogP contribution in [-0.4, -0.2) is 52.1 Å². The van der Waals surface area contributed by atoms with Gasteiger partial charge in [0.05, 0.1) is 18.8 Å². The van der Waals surface area contributed by atoms with Gasteiger partial charge in [-0.1, -0.05) is 19.1 Å². The fourth-order valence-corrected chi connectivity index (χ4v) is 3.74. The molecule has 37 heavy (non-hydrogen) atoms. The lowest BCUT2D eigenvalue weighted by molar-refractivity contribution is -0.140. The Kier molecular flexibility index (Phi) is 11.2. The first-order valence-electron chi connectivity index (χ1n) is 12.3. The van der Waals surface area contributed by atoms with E-state index in [0.29, 0.717) is 30.8 Å². The molecule has 0 radical (unpaired) electrons. The van der Waals surface area contributed by atoms with E-state index >= 15 is 0 Å². The van der Waals surface area contributed by atoms with Crippen molar-refractivity contribution in [2.75, 3.05) is 12.4 Å². The van der Waals surface area contributed by atoms with Crippen molar-refractivity contribution in [1.29, 1.82) is 0 Å². The molecule has 10 heteroatoms. The third kappa shape index (κ3) is 9.63. The predicted octanol–water partition coefficient (Wildman–Crippen LogP) is 2.93. The molecular weight excluding hydrogens is 476 g/mol. The minimum atomic E-state index is -0.712. The highest BCUT2D eigenvalue weighted by atomic mass is 16.5. The number of amides is 2. The molecule has 2 atom stereocenters. The van der Waals surface area contributed by atoms with Gasteiger partial charge in [-0.2, -0.15) is 0 Å². The maximum atomic E-state index is 12.6. The monoisotopic (exact) mass is 512 g/mol. The third-order valence-electron chi connectivity index (χ3n) is 5.93. The molecule has 0 fully saturated rings. The number of anilines is 1. The van der Waals surface area contributed by atoms with Gasteiger partial charge in [0.25, 0.3) is 5.91 Å². The highest BCUT2D eigenvalue weighted by Crippen LogP contribution is 2.14. The summed E-state index contributed by atoms with van der Waals surface area (Å²) in [6.07, 6.45) is 3.63. The van der Waals surface area contributed by atoms with Gasteiger partial charge < -0.3 is 19.9 Å². The van der Waals surface area contributed by atoms with Crippen LogP contribution in [-0.2, 0) is 37.4 Å². The Labute approximate surface area is 217 Å². The zero-order chi connectivity index (χ0) is 27.5. The lowest BCUT2D eigenvalue weighted by Gasteiger charge is -2.17. The van der Waals surface area contributed by atoms with E-state index in [-0.39, 0.29) is 48.6 Å². The normalized spacial score (nSPS) is 12.4. The molecule has 2 aromatic rings. The largest absolute Gasteiger partial charge is 0.469 e. The number of ketones is 2. The van der Waals surface area contributed by atoms with Crippen molar-refractivity contribution in [1.82, 2.24) is 14.9 Å². The minimum Gasteiger partial charge on any atom is -0.469 e. The molecule has 200 valence electrons. The molecule has 2 amide bonds. The molecule has 2 N–H and O–H groups in total. The molecule has 0 aliphatic carbocycles. The predicted molar refractivity (Wildman–Crippen MR) is 138 cm³/mol. The summed E-state index contributed by atoms with van der Waals surface area (Å²) in [5, 5.41) is 5.47. The molecule has 0 unspecified atom stereocenters. The number of imidazole rings is 1. The van der Waals surface area contributed by atoms with E-state index in [9.17, 15) is 24.0 Å². The minimum absolute atomic E-state index is 0.0586. The lowest BCUT2D eigenvalue weighted by atomic mass is 9.99. The van der Waals surface area contributed by atoms with Crippen molar-refractivity contribution in [2.24, 2.45) is 13.0 Å². The van der Waals surface area contributed by atoms with Crippen LogP contribution in [0.15, 0.2) is 30.5 Å². The van der Waals surface area contributed by atoms with Crippen LogP contribution in [0.3, 0.4) is 0 Å². The summed E-state index contributed by atoms with van der Waals surface area (Å²) in [5.41, 5.74) is 2.07. The summed E-state index contributed by atoms with van der Waals surface area (Å²) in [4.78, 5) is 64.9. The molecule has 0 saturated carbocycles. The maximum Gasteiger partial charge on any atom is 0.305 e. The number of hydrogen-bond donors (Lipinski definition) is 2. The van der Waals surface area contributed by atoms with Gasteiger partial charge in [0, 0.05) is 50.5 Å². The molecule has 2 rings (SSSR count). The number of carbonyl (C=O) groups is 5. The van der Waals surface area contributed by atoms with Crippen molar-refractivity contribution < 1.29 is 28.7 Å². The topological polar surface area (TPSA) is 136 Å². The number of Topliss-reactive ketones (excluding diaryl/α,β-unsaturated/α-hetero) is 2. The van der Waals surface area contributed by atoms with Gasteiger partial charge >= 0.3 is 5.97 Å². The molecule has 1 aromatic carbocycles. The molecule has 0 saturated heterocycles. The fraction of sp³-hybridized carbons (Fsp3) is 0.481. The first-order valence-corrected chi connectivity index (χ1v) is 12.3. The Bertz CT molecular complexity index is 1120. The lowest BCUT2D eigenvalue weighted by Crippen LogP contribution is -2.42. The summed E-state index contributed by atoms with van der Waals surface area (Å²) >= 11 is 0. The molecule has 1 aromatic heterocycles. The average Bonchev–Trinajstić information content (AvgIpc) is 3.20. The number of nitrogens with one attached hydrogen (secondary N) is 2. The highest BCUT2D eigenvalue weighted by molar-refractivity contribution is 6.02. The number of ether oxygens (including phenoxy) is 1. The zero-order valence-corrected chi connectivity index (χ0v) is 22.1. The standard InChI is InChI=1S/C27H36N4O6/c1-17(14-22(32)8-6-7-9-24(34)37-5)26(35)29-19(3)23(33)15-20-10-12-21(13-11-20)30-27(36)25-28-18(2)16-31(25)4/h10-13,16-17,19H,6-9,14-15H2,1-5H3,(H,29,35)(H,30,36)/t17-,19+/m1/s1. The van der Waals surface area contributed by atoms with Crippen LogP contribution in [0.2, 0.25) is 0 Å². The van der Waals surface area contributed by atoms with Crippen molar-refractivity contribution in [3.05, 3.63) is 47.5 Å². The van der Waals surface area contributed by atoms with Crippen LogP contribution in [0.1, 0.15) is 67.8 Å². The second kappa shape index (κ2) is 14.1. The summed E-state index contributed by atoms with van der Waals surface area (Å²) in [5.74, 6) is -1.48. The van der Waals surface area contributed by atoms with Gasteiger partial charge in [-0.05, 0) is 44.4 Å². The number of nitrogens with zero attached hydrogens (tertiary/aromatic N) is 2. The van der Waals surface area contributed by atoms with E-state index in [1.165, 1.54) is 7.11 Å². The third-order valence-corrected chi connectivity index (χ3v) is 5.93. The number of unbranched alkanes of at least 4 members (excludes halogenated alkanes) is 1. The van der Waals surface area contributed by atoms with E-state index in [0.717, 1.165) is 11.3 Å². The van der Waals surface area contributed by atoms with Gasteiger partial charge in [-0.15, -0.1) is 0 Å². The quantitative estimate of drug-likeness (QED) is 0.293. The van der Waals surface area contributed by atoms with Crippen molar-refractivity contribution >= 4 is 35.0 Å². The second-order valence-electron chi connectivity index (χ2n) is 9.27. The van der Waals surface area contributed by atoms with Gasteiger partial charge in [-0.3, -0.25) is 24.0 Å². The van der Waals surface area contributed by atoms with Gasteiger partial charge in [0.2, 0.25) is 5.91 Å². The number of rotatable bonds is 14. The second-order valence-corrected chi connectivity index (χ2v) is 9.27. The zero-order valence-electron chi connectivity index (χ0n) is 22.1. The molecule has 0 aliphatic heterocycles. The van der Waals surface area contributed by atoms with E-state index in [2.05, 4.69) is 20.4 Å². The van der Waals surface area contributed by atoms with Gasteiger partial charge in [0.1, 0.15) is 5.78 Å². The fourth-order valence-electron chi connectivity index (χ4n) is 3.74. The van der Waals surface area contributed by atoms with Crippen LogP contribution >= 0.6 is 0 Å². The first kappa shape index (κ1) is 29.4. The first-order chi connectivity index (χ1) is 17.5. The molecular formula is C27H36N4O6. The summed E-state index contributed by atoms with van der Waals surface area (Å²) < 4.78 is 6.21. The Morgan fingerprint density at radius 2 is 1.68 bits per heavy atom. The Hall–Kier alpha value is -3.82. The van der Waals surface area contributed by atoms with Crippen LogP contribution < -0.4 is 10.6 Å². The SMILES string of the molecule is COC(=O)CCCCC(=O)C[C@@H](C)C(=O)N[C@@H](C)C(=O)Cc1ccc(NC(=O)c2nc(C)cn2C)cc1.